The van der Waals surface area contributed by atoms with Crippen molar-refractivity contribution in [2.24, 2.45) is 0 Å². The maximum atomic E-state index is 12.4. The lowest BCUT2D eigenvalue weighted by Gasteiger charge is -2.38. The van der Waals surface area contributed by atoms with Gasteiger partial charge in [0.2, 0.25) is 5.91 Å². The second-order valence-electron chi connectivity index (χ2n) is 6.30. The average Bonchev–Trinajstić information content (AvgIpc) is 3.17. The second kappa shape index (κ2) is 6.50. The predicted octanol–water partition coefficient (Wildman–Crippen LogP) is 4.03. The zero-order chi connectivity index (χ0) is 15.6. The zero-order valence-corrected chi connectivity index (χ0v) is 14.8. The number of aromatic nitrogens is 1. The van der Waals surface area contributed by atoms with Crippen molar-refractivity contribution in [1.29, 1.82) is 0 Å². The Hall–Kier alpha value is -1.20. The van der Waals surface area contributed by atoms with Gasteiger partial charge in [-0.15, -0.1) is 22.7 Å². The molecule has 0 bridgehead atoms. The first-order chi connectivity index (χ1) is 10.6. The average molecular weight is 335 g/mol. The summed E-state index contributed by atoms with van der Waals surface area (Å²) in [5, 5.41) is 3.30. The van der Waals surface area contributed by atoms with Crippen molar-refractivity contribution in [1.82, 2.24) is 9.88 Å². The van der Waals surface area contributed by atoms with E-state index in [4.69, 9.17) is 0 Å². The van der Waals surface area contributed by atoms with Crippen LogP contribution in [-0.4, -0.2) is 28.9 Å². The van der Waals surface area contributed by atoms with Gasteiger partial charge in [0.05, 0.1) is 5.01 Å². The molecule has 1 fully saturated rings. The van der Waals surface area contributed by atoms with Crippen LogP contribution in [0.1, 0.15) is 40.9 Å². The van der Waals surface area contributed by atoms with E-state index in [1.54, 1.807) is 22.7 Å². The van der Waals surface area contributed by atoms with E-state index in [-0.39, 0.29) is 5.41 Å². The van der Waals surface area contributed by atoms with E-state index >= 15 is 0 Å². The third-order valence-electron chi connectivity index (χ3n) is 4.52. The Bertz CT molecular complexity index is 625. The molecular formula is C17H22N2OS2. The predicted molar refractivity (Wildman–Crippen MR) is 92.7 cm³/mol. The number of carbonyl (C=O) groups excluding carboxylic acids is 1. The Morgan fingerprint density at radius 2 is 2.18 bits per heavy atom. The highest BCUT2D eigenvalue weighted by Crippen LogP contribution is 2.37. The van der Waals surface area contributed by atoms with Crippen molar-refractivity contribution in [2.75, 3.05) is 13.1 Å². The van der Waals surface area contributed by atoms with Crippen LogP contribution in [0.25, 0.3) is 0 Å². The van der Waals surface area contributed by atoms with Crippen molar-refractivity contribution in [3.05, 3.63) is 38.5 Å². The van der Waals surface area contributed by atoms with Gasteiger partial charge in [-0.1, -0.05) is 13.0 Å². The largest absolute Gasteiger partial charge is 0.343 e. The van der Waals surface area contributed by atoms with E-state index in [9.17, 15) is 4.79 Å². The third-order valence-corrected chi connectivity index (χ3v) is 6.68. The van der Waals surface area contributed by atoms with Crippen molar-refractivity contribution >= 4 is 28.6 Å². The quantitative estimate of drug-likeness (QED) is 0.846. The van der Waals surface area contributed by atoms with Crippen LogP contribution in [0.3, 0.4) is 0 Å². The fraction of sp³-hybridized carbons (Fsp3) is 0.529. The monoisotopic (exact) mass is 334 g/mol. The topological polar surface area (TPSA) is 33.2 Å². The minimum Gasteiger partial charge on any atom is -0.343 e. The molecular weight excluding hydrogens is 312 g/mol. The lowest BCUT2D eigenvalue weighted by Crippen LogP contribution is -2.43. The number of likely N-dealkylation sites (tertiary alicyclic amines) is 1. The van der Waals surface area contributed by atoms with Crippen LogP contribution in [0.5, 0.6) is 0 Å². The lowest BCUT2D eigenvalue weighted by molar-refractivity contribution is -0.132. The van der Waals surface area contributed by atoms with Crippen molar-refractivity contribution in [3.8, 4) is 0 Å². The molecule has 22 heavy (non-hydrogen) atoms. The molecule has 0 radical (unpaired) electrons. The normalized spacial score (nSPS) is 17.6. The van der Waals surface area contributed by atoms with E-state index in [1.165, 1.54) is 14.8 Å². The number of hydrogen-bond donors (Lipinski definition) is 0. The molecule has 1 amide bonds. The Morgan fingerprint density at radius 3 is 2.77 bits per heavy atom. The van der Waals surface area contributed by atoms with Gasteiger partial charge in [0.15, 0.2) is 0 Å². The van der Waals surface area contributed by atoms with E-state index < -0.39 is 0 Å². The summed E-state index contributed by atoms with van der Waals surface area (Å²) in [4.78, 5) is 21.5. The van der Waals surface area contributed by atoms with Crippen molar-refractivity contribution in [3.63, 3.8) is 0 Å². The first-order valence-corrected chi connectivity index (χ1v) is 9.49. The number of rotatable bonds is 4. The van der Waals surface area contributed by atoms with Gasteiger partial charge in [-0.3, -0.25) is 4.79 Å². The van der Waals surface area contributed by atoms with Crippen LogP contribution in [0.2, 0.25) is 0 Å². The molecule has 1 aliphatic heterocycles. The number of piperidine rings is 1. The van der Waals surface area contributed by atoms with E-state index in [2.05, 4.69) is 30.3 Å². The molecule has 118 valence electrons. The highest BCUT2D eigenvalue weighted by Gasteiger charge is 2.35. The Kier molecular flexibility index (Phi) is 4.64. The van der Waals surface area contributed by atoms with Gasteiger partial charge < -0.3 is 4.90 Å². The summed E-state index contributed by atoms with van der Waals surface area (Å²) in [6.07, 6.45) is 5.50. The maximum absolute atomic E-state index is 12.4. The van der Waals surface area contributed by atoms with Crippen LogP contribution in [-0.2, 0) is 16.6 Å². The van der Waals surface area contributed by atoms with E-state index in [0.717, 1.165) is 32.4 Å². The Balaban J connectivity index is 1.53. The summed E-state index contributed by atoms with van der Waals surface area (Å²) in [5.41, 5.74) is 0.142. The minimum atomic E-state index is 0.142. The molecule has 3 heterocycles. The van der Waals surface area contributed by atoms with Crippen LogP contribution < -0.4 is 0 Å². The highest BCUT2D eigenvalue weighted by molar-refractivity contribution is 7.11. The zero-order valence-electron chi connectivity index (χ0n) is 13.2. The summed E-state index contributed by atoms with van der Waals surface area (Å²) in [5.74, 6) is 0.297. The van der Waals surface area contributed by atoms with Gasteiger partial charge in [-0.05, 0) is 37.6 Å². The molecule has 0 saturated carbocycles. The molecule has 0 unspecified atom stereocenters. The summed E-state index contributed by atoms with van der Waals surface area (Å²) in [7, 11) is 0. The van der Waals surface area contributed by atoms with Gasteiger partial charge in [-0.2, -0.15) is 0 Å². The van der Waals surface area contributed by atoms with Gasteiger partial charge in [0.25, 0.3) is 0 Å². The van der Waals surface area contributed by atoms with Crippen LogP contribution in [0.15, 0.2) is 23.7 Å². The maximum Gasteiger partial charge on any atom is 0.222 e. The highest BCUT2D eigenvalue weighted by atomic mass is 32.1. The Morgan fingerprint density at radius 1 is 1.41 bits per heavy atom. The molecule has 0 spiro atoms. The Labute approximate surface area is 140 Å². The first-order valence-electron chi connectivity index (χ1n) is 7.80. The van der Waals surface area contributed by atoms with Gasteiger partial charge in [0, 0.05) is 40.9 Å². The van der Waals surface area contributed by atoms with Gasteiger partial charge >= 0.3 is 0 Å². The summed E-state index contributed by atoms with van der Waals surface area (Å²) in [6, 6.07) is 4.16. The molecule has 1 saturated heterocycles. The summed E-state index contributed by atoms with van der Waals surface area (Å²) < 4.78 is 0. The number of hydrogen-bond acceptors (Lipinski definition) is 4. The van der Waals surface area contributed by atoms with Crippen molar-refractivity contribution < 1.29 is 4.79 Å². The second-order valence-corrected chi connectivity index (χ2v) is 8.56. The van der Waals surface area contributed by atoms with E-state index in [0.29, 0.717) is 12.3 Å². The molecule has 0 atom stereocenters. The molecule has 2 aromatic heterocycles. The SMILES string of the molecule is Cc1cnc(C2(C)CCN(C(=O)CCc3cccs3)CC2)s1. The van der Waals surface area contributed by atoms with E-state index in [1.807, 2.05) is 17.2 Å². The molecule has 0 aliphatic carbocycles. The standard InChI is InChI=1S/C17H22N2OS2/c1-13-12-18-16(22-13)17(2)7-9-19(10-8-17)15(20)6-5-14-4-3-11-21-14/h3-4,11-12H,5-10H2,1-2H3. The molecule has 2 aromatic rings. The van der Waals surface area contributed by atoms with Gasteiger partial charge in [-0.25, -0.2) is 4.98 Å². The minimum absolute atomic E-state index is 0.142. The molecule has 5 heteroatoms. The smallest absolute Gasteiger partial charge is 0.222 e. The molecule has 3 nitrogen and oxygen atoms in total. The fourth-order valence-corrected chi connectivity index (χ4v) is 4.62. The van der Waals surface area contributed by atoms with Gasteiger partial charge in [0.1, 0.15) is 0 Å². The summed E-state index contributed by atoms with van der Waals surface area (Å²) >= 11 is 3.53. The molecule has 3 rings (SSSR count). The summed E-state index contributed by atoms with van der Waals surface area (Å²) in [6.45, 7) is 6.11. The van der Waals surface area contributed by atoms with Crippen LogP contribution in [0.4, 0.5) is 0 Å². The lowest BCUT2D eigenvalue weighted by atomic mass is 9.81. The third kappa shape index (κ3) is 3.41. The first kappa shape index (κ1) is 15.7. The number of amides is 1. The number of carbonyl (C=O) groups is 1. The fourth-order valence-electron chi connectivity index (χ4n) is 2.94. The van der Waals surface area contributed by atoms with Crippen LogP contribution in [0, 0.1) is 6.92 Å². The molecule has 0 N–H and O–H groups in total. The number of thiazole rings is 1. The number of nitrogens with zero attached hydrogens (tertiary/aromatic N) is 2. The van der Waals surface area contributed by atoms with Crippen LogP contribution >= 0.6 is 22.7 Å². The molecule has 1 aliphatic rings. The number of thiophene rings is 1. The number of aryl methyl sites for hydroxylation is 2. The van der Waals surface area contributed by atoms with Crippen molar-refractivity contribution in [2.45, 2.75) is 44.9 Å². The molecule has 0 aromatic carbocycles.